The summed E-state index contributed by atoms with van der Waals surface area (Å²) in [5.74, 6) is -0.268. The molecule has 0 atom stereocenters. The van der Waals surface area contributed by atoms with E-state index in [9.17, 15) is 4.79 Å². The van der Waals surface area contributed by atoms with Crippen molar-refractivity contribution in [3.05, 3.63) is 57.8 Å². The zero-order valence-corrected chi connectivity index (χ0v) is 11.4. The molecule has 0 saturated heterocycles. The fourth-order valence-corrected chi connectivity index (χ4v) is 2.09. The highest BCUT2D eigenvalue weighted by Gasteiger charge is 2.08. The molecule has 0 fully saturated rings. The second-order valence-electron chi connectivity index (χ2n) is 3.85. The number of pyridine rings is 1. The molecular weight excluding hydrogens is 285 g/mol. The van der Waals surface area contributed by atoms with Crippen molar-refractivity contribution in [2.75, 3.05) is 5.32 Å². The van der Waals surface area contributed by atoms with Crippen molar-refractivity contribution in [3.8, 4) is 0 Å². The summed E-state index contributed by atoms with van der Waals surface area (Å²) in [7, 11) is 0. The molecule has 0 radical (unpaired) electrons. The van der Waals surface area contributed by atoms with Gasteiger partial charge in [0.15, 0.2) is 0 Å². The van der Waals surface area contributed by atoms with Crippen LogP contribution in [-0.4, -0.2) is 10.9 Å². The molecule has 1 heterocycles. The molecule has 1 amide bonds. The molecule has 98 valence electrons. The highest BCUT2D eigenvalue weighted by atomic mass is 35.5. The largest absolute Gasteiger partial charge is 0.325 e. The molecule has 2 rings (SSSR count). The van der Waals surface area contributed by atoms with E-state index in [4.69, 9.17) is 28.9 Å². The van der Waals surface area contributed by atoms with Crippen LogP contribution in [0.1, 0.15) is 16.1 Å². The topological polar surface area (TPSA) is 68.0 Å². The number of carbonyl (C=O) groups excluding carboxylic acids is 1. The predicted molar refractivity (Wildman–Crippen MR) is 76.5 cm³/mol. The zero-order chi connectivity index (χ0) is 13.8. The summed E-state index contributed by atoms with van der Waals surface area (Å²) in [5, 5.41) is 3.63. The maximum atomic E-state index is 12.0. The van der Waals surface area contributed by atoms with Gasteiger partial charge in [0.05, 0.1) is 5.69 Å². The Morgan fingerprint density at radius 2 is 1.89 bits per heavy atom. The van der Waals surface area contributed by atoms with E-state index >= 15 is 0 Å². The summed E-state index contributed by atoms with van der Waals surface area (Å²) in [6.45, 7) is 0.282. The van der Waals surface area contributed by atoms with Crippen molar-refractivity contribution in [3.63, 3.8) is 0 Å². The van der Waals surface area contributed by atoms with Gasteiger partial charge in [-0.2, -0.15) is 0 Å². The van der Waals surface area contributed by atoms with E-state index in [-0.39, 0.29) is 12.5 Å². The maximum Gasteiger partial charge on any atom is 0.255 e. The summed E-state index contributed by atoms with van der Waals surface area (Å²) in [4.78, 5) is 16.1. The molecule has 0 aliphatic heterocycles. The van der Waals surface area contributed by atoms with Gasteiger partial charge in [-0.25, -0.2) is 0 Å². The van der Waals surface area contributed by atoms with E-state index in [0.717, 1.165) is 0 Å². The molecule has 0 aliphatic carbocycles. The smallest absolute Gasteiger partial charge is 0.255 e. The van der Waals surface area contributed by atoms with Crippen LogP contribution in [0.5, 0.6) is 0 Å². The standard InChI is InChI=1S/C13H11Cl2N3O/c14-9-4-10(15)6-11(5-9)18-13(19)8-1-2-17-12(3-8)7-16/h1-6H,7,16H2,(H,18,19). The fourth-order valence-electron chi connectivity index (χ4n) is 1.56. The van der Waals surface area contributed by atoms with Gasteiger partial charge in [-0.15, -0.1) is 0 Å². The molecule has 19 heavy (non-hydrogen) atoms. The van der Waals surface area contributed by atoms with Gasteiger partial charge in [0.1, 0.15) is 0 Å². The molecule has 1 aromatic heterocycles. The second kappa shape index (κ2) is 6.02. The Morgan fingerprint density at radius 1 is 1.21 bits per heavy atom. The van der Waals surface area contributed by atoms with E-state index in [2.05, 4.69) is 10.3 Å². The summed E-state index contributed by atoms with van der Waals surface area (Å²) in [5.41, 5.74) is 7.15. The third kappa shape index (κ3) is 3.67. The van der Waals surface area contributed by atoms with Gasteiger partial charge in [-0.05, 0) is 30.3 Å². The number of aromatic nitrogens is 1. The third-order valence-electron chi connectivity index (χ3n) is 2.41. The van der Waals surface area contributed by atoms with Gasteiger partial charge < -0.3 is 11.1 Å². The van der Waals surface area contributed by atoms with Crippen molar-refractivity contribution in [2.45, 2.75) is 6.54 Å². The lowest BCUT2D eigenvalue weighted by atomic mass is 10.2. The molecule has 6 heteroatoms. The van der Waals surface area contributed by atoms with Crippen LogP contribution < -0.4 is 11.1 Å². The van der Waals surface area contributed by atoms with Crippen LogP contribution in [0.2, 0.25) is 10.0 Å². The number of halogens is 2. The first-order valence-electron chi connectivity index (χ1n) is 5.51. The average Bonchev–Trinajstić information content (AvgIpc) is 2.37. The van der Waals surface area contributed by atoms with E-state index in [1.165, 1.54) is 0 Å². The quantitative estimate of drug-likeness (QED) is 0.914. The Hall–Kier alpha value is -1.62. The third-order valence-corrected chi connectivity index (χ3v) is 2.84. The van der Waals surface area contributed by atoms with Crippen LogP contribution in [0.4, 0.5) is 5.69 Å². The van der Waals surface area contributed by atoms with Crippen molar-refractivity contribution in [1.29, 1.82) is 0 Å². The number of anilines is 1. The van der Waals surface area contributed by atoms with Gasteiger partial charge in [-0.3, -0.25) is 9.78 Å². The summed E-state index contributed by atoms with van der Waals surface area (Å²) < 4.78 is 0. The van der Waals surface area contributed by atoms with E-state index in [1.807, 2.05) is 0 Å². The van der Waals surface area contributed by atoms with Crippen LogP contribution in [-0.2, 0) is 6.54 Å². The van der Waals surface area contributed by atoms with Crippen molar-refractivity contribution >= 4 is 34.8 Å². The van der Waals surface area contributed by atoms with Gasteiger partial charge in [0.25, 0.3) is 5.91 Å². The number of hydrogen-bond acceptors (Lipinski definition) is 3. The van der Waals surface area contributed by atoms with Crippen LogP contribution in [0.15, 0.2) is 36.5 Å². The lowest BCUT2D eigenvalue weighted by Crippen LogP contribution is -2.13. The Bertz CT molecular complexity index is 596. The highest BCUT2D eigenvalue weighted by Crippen LogP contribution is 2.22. The molecule has 0 unspecified atom stereocenters. The number of amides is 1. The lowest BCUT2D eigenvalue weighted by molar-refractivity contribution is 0.102. The minimum Gasteiger partial charge on any atom is -0.325 e. The Labute approximate surface area is 120 Å². The van der Waals surface area contributed by atoms with E-state index < -0.39 is 0 Å². The summed E-state index contributed by atoms with van der Waals surface area (Å²) in [6, 6.07) is 8.09. The SMILES string of the molecule is NCc1cc(C(=O)Nc2cc(Cl)cc(Cl)c2)ccn1. The second-order valence-corrected chi connectivity index (χ2v) is 4.73. The minimum atomic E-state index is -0.268. The lowest BCUT2D eigenvalue weighted by Gasteiger charge is -2.07. The summed E-state index contributed by atoms with van der Waals surface area (Å²) >= 11 is 11.7. The average molecular weight is 296 g/mol. The molecule has 4 nitrogen and oxygen atoms in total. The van der Waals surface area contributed by atoms with Crippen molar-refractivity contribution in [1.82, 2.24) is 4.98 Å². The number of nitrogens with two attached hydrogens (primary N) is 1. The molecular formula is C13H11Cl2N3O. The number of rotatable bonds is 3. The number of hydrogen-bond donors (Lipinski definition) is 2. The van der Waals surface area contributed by atoms with Gasteiger partial charge in [-0.1, -0.05) is 23.2 Å². The van der Waals surface area contributed by atoms with Crippen molar-refractivity contribution in [2.24, 2.45) is 5.73 Å². The molecule has 1 aromatic carbocycles. The van der Waals surface area contributed by atoms with Gasteiger partial charge in [0, 0.05) is 34.0 Å². The highest BCUT2D eigenvalue weighted by molar-refractivity contribution is 6.35. The van der Waals surface area contributed by atoms with Crippen LogP contribution in [0.25, 0.3) is 0 Å². The van der Waals surface area contributed by atoms with Crippen LogP contribution in [0.3, 0.4) is 0 Å². The Balaban J connectivity index is 2.20. The van der Waals surface area contributed by atoms with Crippen LogP contribution >= 0.6 is 23.2 Å². The molecule has 0 spiro atoms. The van der Waals surface area contributed by atoms with E-state index in [1.54, 1.807) is 36.5 Å². The first-order valence-corrected chi connectivity index (χ1v) is 6.26. The Morgan fingerprint density at radius 3 is 2.53 bits per heavy atom. The monoisotopic (exact) mass is 295 g/mol. The normalized spacial score (nSPS) is 10.3. The number of benzene rings is 1. The van der Waals surface area contributed by atoms with E-state index in [0.29, 0.717) is 27.0 Å². The molecule has 3 N–H and O–H groups in total. The Kier molecular flexibility index (Phi) is 4.37. The van der Waals surface area contributed by atoms with Gasteiger partial charge in [0.2, 0.25) is 0 Å². The molecule has 0 bridgehead atoms. The minimum absolute atomic E-state index is 0.268. The predicted octanol–water partition coefficient (Wildman–Crippen LogP) is 3.10. The van der Waals surface area contributed by atoms with Crippen LogP contribution in [0, 0.1) is 0 Å². The zero-order valence-electron chi connectivity index (χ0n) is 9.86. The number of nitrogens with zero attached hydrogens (tertiary/aromatic N) is 1. The first kappa shape index (κ1) is 13.8. The molecule has 0 saturated carbocycles. The summed E-state index contributed by atoms with van der Waals surface area (Å²) in [6.07, 6.45) is 1.54. The fraction of sp³-hybridized carbons (Fsp3) is 0.0769. The van der Waals surface area contributed by atoms with Gasteiger partial charge >= 0.3 is 0 Å². The molecule has 2 aromatic rings. The van der Waals surface area contributed by atoms with Crippen molar-refractivity contribution < 1.29 is 4.79 Å². The molecule has 0 aliphatic rings. The number of carbonyl (C=O) groups is 1. The maximum absolute atomic E-state index is 12.0. The number of nitrogens with one attached hydrogen (secondary N) is 1. The first-order chi connectivity index (χ1) is 9.08.